The zero-order valence-corrected chi connectivity index (χ0v) is 7.47. The van der Waals surface area contributed by atoms with E-state index in [9.17, 15) is 20.2 Å². The molecule has 7 heteroatoms. The van der Waals surface area contributed by atoms with Gasteiger partial charge in [-0.3, -0.25) is 25.5 Å². The zero-order chi connectivity index (χ0) is 10.8. The summed E-state index contributed by atoms with van der Waals surface area (Å²) in [6, 6.07) is 0. The summed E-state index contributed by atoms with van der Waals surface area (Å²) >= 11 is 0. The van der Waals surface area contributed by atoms with Crippen molar-refractivity contribution in [2.45, 2.75) is 12.1 Å². The lowest BCUT2D eigenvalue weighted by Gasteiger charge is -2.21. The van der Waals surface area contributed by atoms with Gasteiger partial charge in [-0.2, -0.15) is 0 Å². The Hall–Kier alpha value is -1.76. The molecule has 0 amide bonds. The van der Waals surface area contributed by atoms with Crippen LogP contribution < -0.4 is 5.32 Å². The molecule has 1 N–H and O–H groups in total. The molecule has 0 heterocycles. The SMILES string of the molecule is CNC1([N+](=O)[O-])C=CC=C([N+](=O)[O-])C1. The van der Waals surface area contributed by atoms with Gasteiger partial charge in [0.2, 0.25) is 0 Å². The Balaban J connectivity index is 2.98. The first-order chi connectivity index (χ1) is 6.52. The van der Waals surface area contributed by atoms with E-state index in [0.29, 0.717) is 0 Å². The maximum Gasteiger partial charge on any atom is 0.304 e. The van der Waals surface area contributed by atoms with Gasteiger partial charge in [-0.25, -0.2) is 0 Å². The number of allylic oxidation sites excluding steroid dienone is 2. The van der Waals surface area contributed by atoms with Crippen molar-refractivity contribution < 1.29 is 9.85 Å². The molecule has 1 aliphatic carbocycles. The van der Waals surface area contributed by atoms with Crippen LogP contribution in [0.4, 0.5) is 0 Å². The Morgan fingerprint density at radius 3 is 2.57 bits per heavy atom. The van der Waals surface area contributed by atoms with Crippen molar-refractivity contribution in [1.82, 2.24) is 5.32 Å². The molecule has 1 atom stereocenters. The number of hydrogen-bond acceptors (Lipinski definition) is 5. The van der Waals surface area contributed by atoms with Gasteiger partial charge in [-0.1, -0.05) is 6.08 Å². The smallest absolute Gasteiger partial charge is 0.262 e. The van der Waals surface area contributed by atoms with Gasteiger partial charge < -0.3 is 0 Å². The summed E-state index contributed by atoms with van der Waals surface area (Å²) in [7, 11) is 1.40. The molecule has 0 aromatic carbocycles. The van der Waals surface area contributed by atoms with Crippen molar-refractivity contribution in [3.8, 4) is 0 Å². The molecular formula is C7H9N3O4. The van der Waals surface area contributed by atoms with Gasteiger partial charge >= 0.3 is 5.66 Å². The molecule has 1 aliphatic rings. The lowest BCUT2D eigenvalue weighted by molar-refractivity contribution is -0.568. The van der Waals surface area contributed by atoms with Gasteiger partial charge in [0.15, 0.2) is 0 Å². The van der Waals surface area contributed by atoms with E-state index in [1.807, 2.05) is 0 Å². The van der Waals surface area contributed by atoms with Crippen molar-refractivity contribution in [1.29, 1.82) is 0 Å². The second-order valence-electron chi connectivity index (χ2n) is 2.88. The molecule has 0 radical (unpaired) electrons. The fourth-order valence-electron chi connectivity index (χ4n) is 1.23. The standard InChI is InChI=1S/C7H9N3O4/c1-8-7(10(13)14)4-2-3-6(5-7)9(11)12/h2-4,8H,5H2,1H3. The van der Waals surface area contributed by atoms with Crippen LogP contribution >= 0.6 is 0 Å². The number of nitrogens with one attached hydrogen (secondary N) is 1. The van der Waals surface area contributed by atoms with Crippen LogP contribution in [0.5, 0.6) is 0 Å². The number of likely N-dealkylation sites (N-methyl/N-ethyl adjacent to an activating group) is 1. The van der Waals surface area contributed by atoms with Crippen molar-refractivity contribution in [2.24, 2.45) is 0 Å². The van der Waals surface area contributed by atoms with E-state index < -0.39 is 15.5 Å². The minimum atomic E-state index is -1.54. The summed E-state index contributed by atoms with van der Waals surface area (Å²) in [5, 5.41) is 23.6. The van der Waals surface area contributed by atoms with Crippen LogP contribution in [0.25, 0.3) is 0 Å². The van der Waals surface area contributed by atoms with Gasteiger partial charge in [0.1, 0.15) is 6.42 Å². The largest absolute Gasteiger partial charge is 0.304 e. The van der Waals surface area contributed by atoms with E-state index in [0.717, 1.165) is 0 Å². The zero-order valence-electron chi connectivity index (χ0n) is 7.47. The highest BCUT2D eigenvalue weighted by Gasteiger charge is 2.44. The van der Waals surface area contributed by atoms with Gasteiger partial charge in [0.05, 0.1) is 4.92 Å². The van der Waals surface area contributed by atoms with E-state index in [1.165, 1.54) is 25.3 Å². The topological polar surface area (TPSA) is 98.3 Å². The molecule has 0 saturated heterocycles. The third-order valence-electron chi connectivity index (χ3n) is 2.10. The molecule has 1 rings (SSSR count). The van der Waals surface area contributed by atoms with E-state index in [2.05, 4.69) is 5.32 Å². The fourth-order valence-corrected chi connectivity index (χ4v) is 1.23. The summed E-state index contributed by atoms with van der Waals surface area (Å²) in [5.74, 6) is 0. The maximum atomic E-state index is 10.7. The van der Waals surface area contributed by atoms with Gasteiger partial charge in [0.25, 0.3) is 5.70 Å². The second kappa shape index (κ2) is 3.54. The van der Waals surface area contributed by atoms with E-state index in [4.69, 9.17) is 0 Å². The van der Waals surface area contributed by atoms with Crippen LogP contribution in [0.1, 0.15) is 6.42 Å². The fraction of sp³-hybridized carbons (Fsp3) is 0.429. The number of nitro groups is 2. The lowest BCUT2D eigenvalue weighted by Crippen LogP contribution is -2.49. The molecule has 14 heavy (non-hydrogen) atoms. The molecule has 0 aromatic heterocycles. The highest BCUT2D eigenvalue weighted by Crippen LogP contribution is 2.23. The third-order valence-corrected chi connectivity index (χ3v) is 2.10. The molecular weight excluding hydrogens is 190 g/mol. The molecule has 0 saturated carbocycles. The van der Waals surface area contributed by atoms with E-state index >= 15 is 0 Å². The monoisotopic (exact) mass is 199 g/mol. The predicted molar refractivity (Wildman–Crippen MR) is 47.6 cm³/mol. The minimum absolute atomic E-state index is 0.168. The molecule has 0 spiro atoms. The summed E-state index contributed by atoms with van der Waals surface area (Å²) in [6.07, 6.45) is 3.64. The summed E-state index contributed by atoms with van der Waals surface area (Å²) in [5.41, 5.74) is -1.71. The summed E-state index contributed by atoms with van der Waals surface area (Å²) in [4.78, 5) is 20.0. The average molecular weight is 199 g/mol. The van der Waals surface area contributed by atoms with E-state index in [1.54, 1.807) is 0 Å². The van der Waals surface area contributed by atoms with Crippen LogP contribution in [0.15, 0.2) is 23.9 Å². The highest BCUT2D eigenvalue weighted by atomic mass is 16.6. The van der Waals surface area contributed by atoms with Crippen molar-refractivity contribution in [2.75, 3.05) is 7.05 Å². The lowest BCUT2D eigenvalue weighted by atomic mass is 9.99. The summed E-state index contributed by atoms with van der Waals surface area (Å²) < 4.78 is 0. The van der Waals surface area contributed by atoms with Gasteiger partial charge in [-0.05, 0) is 7.05 Å². The van der Waals surface area contributed by atoms with E-state index in [-0.39, 0.29) is 12.1 Å². The first kappa shape index (κ1) is 10.3. The molecule has 0 aliphatic heterocycles. The van der Waals surface area contributed by atoms with Crippen molar-refractivity contribution in [3.63, 3.8) is 0 Å². The Kier molecular flexibility index (Phi) is 2.61. The van der Waals surface area contributed by atoms with Crippen LogP contribution in [-0.2, 0) is 0 Å². The normalized spacial score (nSPS) is 25.6. The summed E-state index contributed by atoms with van der Waals surface area (Å²) in [6.45, 7) is 0. The number of hydrogen-bond donors (Lipinski definition) is 1. The quantitative estimate of drug-likeness (QED) is 0.400. The number of nitrogens with zero attached hydrogens (tertiary/aromatic N) is 2. The van der Waals surface area contributed by atoms with Crippen LogP contribution in [0.2, 0.25) is 0 Å². The molecule has 0 fully saturated rings. The Bertz CT molecular complexity index is 336. The molecule has 1 unspecified atom stereocenters. The van der Waals surface area contributed by atoms with Crippen molar-refractivity contribution >= 4 is 0 Å². The molecule has 76 valence electrons. The van der Waals surface area contributed by atoms with Crippen LogP contribution in [0, 0.1) is 20.2 Å². The second-order valence-corrected chi connectivity index (χ2v) is 2.88. The Morgan fingerprint density at radius 2 is 2.14 bits per heavy atom. The van der Waals surface area contributed by atoms with Crippen LogP contribution in [0.3, 0.4) is 0 Å². The Labute approximate surface area is 79.4 Å². The minimum Gasteiger partial charge on any atom is -0.262 e. The predicted octanol–water partition coefficient (Wildman–Crippen LogP) is 0.299. The van der Waals surface area contributed by atoms with Crippen LogP contribution in [-0.4, -0.2) is 22.6 Å². The molecule has 7 nitrogen and oxygen atoms in total. The molecule has 0 bridgehead atoms. The maximum absolute atomic E-state index is 10.7. The highest BCUT2D eigenvalue weighted by molar-refractivity contribution is 5.20. The Morgan fingerprint density at radius 1 is 1.50 bits per heavy atom. The van der Waals surface area contributed by atoms with Gasteiger partial charge in [0, 0.05) is 17.1 Å². The number of rotatable bonds is 3. The van der Waals surface area contributed by atoms with Crippen molar-refractivity contribution in [3.05, 3.63) is 44.2 Å². The van der Waals surface area contributed by atoms with Gasteiger partial charge in [-0.15, -0.1) is 0 Å². The third kappa shape index (κ3) is 1.62. The first-order valence-corrected chi connectivity index (χ1v) is 3.88. The average Bonchev–Trinajstić information content (AvgIpc) is 2.17. The molecule has 0 aromatic rings. The first-order valence-electron chi connectivity index (χ1n) is 3.88.